The molecule has 5 nitrogen and oxygen atoms in total. The molecule has 5 heteroatoms. The Hall–Kier alpha value is -1.85. The lowest BCUT2D eigenvalue weighted by atomic mass is 10.1. The zero-order valence-corrected chi connectivity index (χ0v) is 12.7. The molecule has 0 aliphatic carbocycles. The zero-order chi connectivity index (χ0) is 15.5. The van der Waals surface area contributed by atoms with Gasteiger partial charge in [-0.25, -0.2) is 4.79 Å². The Labute approximate surface area is 129 Å². The average Bonchev–Trinajstić information content (AvgIpc) is 3.13. The van der Waals surface area contributed by atoms with Crippen molar-refractivity contribution in [3.8, 4) is 0 Å². The highest BCUT2D eigenvalue weighted by Crippen LogP contribution is 2.26. The number of nitrogens with zero attached hydrogens (tertiary/aromatic N) is 2. The first-order valence-electron chi connectivity index (χ1n) is 7.88. The smallest absolute Gasteiger partial charge is 0.337 e. The van der Waals surface area contributed by atoms with Gasteiger partial charge in [-0.1, -0.05) is 12.1 Å². The second-order valence-corrected chi connectivity index (χ2v) is 5.88. The number of aromatic carboxylic acids is 1. The number of carboxylic acid groups (broad SMARTS) is 1. The Bertz CT molecular complexity index is 672. The number of aliphatic hydroxyl groups excluding tert-OH is 1. The molecule has 118 valence electrons. The standard InChI is InChI=1S/C17H22N2O3/c20-11-10-19-12-13(6-9-18-7-1-2-8-18)14-4-3-5-15(16(14)19)17(21)22/h3-5,12,20H,1-2,6-11H2,(H,21,22). The van der Waals surface area contributed by atoms with Crippen LogP contribution in [0, 0.1) is 0 Å². The van der Waals surface area contributed by atoms with E-state index in [-0.39, 0.29) is 6.61 Å². The number of para-hydroxylation sites is 1. The van der Waals surface area contributed by atoms with Crippen molar-refractivity contribution in [3.05, 3.63) is 35.5 Å². The molecule has 0 amide bonds. The molecule has 0 radical (unpaired) electrons. The molecule has 1 aromatic heterocycles. The first-order valence-corrected chi connectivity index (χ1v) is 7.88. The summed E-state index contributed by atoms with van der Waals surface area (Å²) in [5, 5.41) is 19.6. The van der Waals surface area contributed by atoms with Crippen LogP contribution in [0.1, 0.15) is 28.8 Å². The second kappa shape index (κ2) is 6.50. The summed E-state index contributed by atoms with van der Waals surface area (Å²) in [6.45, 7) is 3.76. The van der Waals surface area contributed by atoms with E-state index in [0.717, 1.165) is 37.0 Å². The van der Waals surface area contributed by atoms with Crippen molar-refractivity contribution >= 4 is 16.9 Å². The number of rotatable bonds is 6. The molecule has 1 aliphatic rings. The lowest BCUT2D eigenvalue weighted by molar-refractivity contribution is 0.0698. The number of fused-ring (bicyclic) bond motifs is 1. The third-order valence-electron chi connectivity index (χ3n) is 4.45. The van der Waals surface area contributed by atoms with E-state index in [1.54, 1.807) is 12.1 Å². The molecule has 0 atom stereocenters. The van der Waals surface area contributed by atoms with Crippen LogP contribution in [0.2, 0.25) is 0 Å². The molecule has 22 heavy (non-hydrogen) atoms. The van der Waals surface area contributed by atoms with Crippen LogP contribution in [0.5, 0.6) is 0 Å². The van der Waals surface area contributed by atoms with Crippen LogP contribution in [0.25, 0.3) is 10.9 Å². The van der Waals surface area contributed by atoms with E-state index < -0.39 is 5.97 Å². The van der Waals surface area contributed by atoms with Gasteiger partial charge in [0.2, 0.25) is 0 Å². The number of hydrogen-bond donors (Lipinski definition) is 2. The lowest BCUT2D eigenvalue weighted by Gasteiger charge is -2.13. The Balaban J connectivity index is 1.95. The van der Waals surface area contributed by atoms with Crippen LogP contribution in [0.15, 0.2) is 24.4 Å². The van der Waals surface area contributed by atoms with Crippen LogP contribution < -0.4 is 0 Å². The van der Waals surface area contributed by atoms with E-state index in [2.05, 4.69) is 4.90 Å². The van der Waals surface area contributed by atoms with Crippen LogP contribution in [-0.4, -0.2) is 51.9 Å². The fraction of sp³-hybridized carbons (Fsp3) is 0.471. The first kappa shape index (κ1) is 15.1. The number of carboxylic acids is 1. The van der Waals surface area contributed by atoms with Gasteiger partial charge < -0.3 is 19.7 Å². The van der Waals surface area contributed by atoms with Crippen molar-refractivity contribution < 1.29 is 15.0 Å². The predicted octanol–water partition coefficient (Wildman–Crippen LogP) is 1.97. The molecule has 3 rings (SSSR count). The minimum Gasteiger partial charge on any atom is -0.478 e. The summed E-state index contributed by atoms with van der Waals surface area (Å²) in [6, 6.07) is 5.41. The van der Waals surface area contributed by atoms with Gasteiger partial charge in [0.05, 0.1) is 17.7 Å². The molecule has 0 spiro atoms. The fourth-order valence-corrected chi connectivity index (χ4v) is 3.37. The Morgan fingerprint density at radius 2 is 1.95 bits per heavy atom. The number of aliphatic hydroxyl groups is 1. The minimum atomic E-state index is -0.922. The maximum atomic E-state index is 11.5. The van der Waals surface area contributed by atoms with Gasteiger partial charge in [0.1, 0.15) is 0 Å². The van der Waals surface area contributed by atoms with Gasteiger partial charge in [-0.3, -0.25) is 0 Å². The average molecular weight is 302 g/mol. The van der Waals surface area contributed by atoms with Gasteiger partial charge in [0, 0.05) is 24.7 Å². The highest BCUT2D eigenvalue weighted by Gasteiger charge is 2.17. The molecular formula is C17H22N2O3. The lowest BCUT2D eigenvalue weighted by Crippen LogP contribution is -2.21. The van der Waals surface area contributed by atoms with Crippen molar-refractivity contribution in [1.29, 1.82) is 0 Å². The highest BCUT2D eigenvalue weighted by atomic mass is 16.4. The predicted molar refractivity (Wildman–Crippen MR) is 85.4 cm³/mol. The maximum absolute atomic E-state index is 11.5. The summed E-state index contributed by atoms with van der Waals surface area (Å²) in [5.74, 6) is -0.922. The number of carbonyl (C=O) groups is 1. The van der Waals surface area contributed by atoms with Crippen LogP contribution in [0.3, 0.4) is 0 Å². The Morgan fingerprint density at radius 1 is 1.18 bits per heavy atom. The molecule has 2 N–H and O–H groups in total. The molecule has 0 bridgehead atoms. The summed E-state index contributed by atoms with van der Waals surface area (Å²) in [4.78, 5) is 13.9. The van der Waals surface area contributed by atoms with E-state index in [1.807, 2.05) is 16.8 Å². The summed E-state index contributed by atoms with van der Waals surface area (Å²) >= 11 is 0. The third kappa shape index (κ3) is 2.87. The molecule has 0 unspecified atom stereocenters. The third-order valence-corrected chi connectivity index (χ3v) is 4.45. The monoisotopic (exact) mass is 302 g/mol. The van der Waals surface area contributed by atoms with E-state index >= 15 is 0 Å². The van der Waals surface area contributed by atoms with Crippen LogP contribution in [-0.2, 0) is 13.0 Å². The van der Waals surface area contributed by atoms with Gasteiger partial charge >= 0.3 is 5.97 Å². The van der Waals surface area contributed by atoms with E-state index in [1.165, 1.54) is 18.4 Å². The summed E-state index contributed by atoms with van der Waals surface area (Å²) < 4.78 is 1.87. The number of likely N-dealkylation sites (tertiary alicyclic amines) is 1. The van der Waals surface area contributed by atoms with Crippen molar-refractivity contribution in [1.82, 2.24) is 9.47 Å². The van der Waals surface area contributed by atoms with Crippen molar-refractivity contribution in [2.24, 2.45) is 0 Å². The SMILES string of the molecule is O=C(O)c1cccc2c(CCN3CCCC3)cn(CCO)c12. The Kier molecular flexibility index (Phi) is 4.45. The van der Waals surface area contributed by atoms with Crippen LogP contribution >= 0.6 is 0 Å². The van der Waals surface area contributed by atoms with Gasteiger partial charge in [-0.05, 0) is 44.0 Å². The topological polar surface area (TPSA) is 65.7 Å². The molecule has 1 saturated heterocycles. The fourth-order valence-electron chi connectivity index (χ4n) is 3.37. The van der Waals surface area contributed by atoms with Gasteiger partial charge in [-0.2, -0.15) is 0 Å². The number of benzene rings is 1. The van der Waals surface area contributed by atoms with E-state index in [9.17, 15) is 15.0 Å². The summed E-state index contributed by atoms with van der Waals surface area (Å²) in [5.41, 5.74) is 2.19. The summed E-state index contributed by atoms with van der Waals surface area (Å²) in [7, 11) is 0. The van der Waals surface area contributed by atoms with E-state index in [0.29, 0.717) is 12.1 Å². The van der Waals surface area contributed by atoms with Gasteiger partial charge in [0.15, 0.2) is 0 Å². The number of aromatic nitrogens is 1. The molecule has 0 saturated carbocycles. The normalized spacial score (nSPS) is 15.7. The van der Waals surface area contributed by atoms with Gasteiger partial charge in [0.25, 0.3) is 0 Å². The van der Waals surface area contributed by atoms with Crippen LogP contribution in [0.4, 0.5) is 0 Å². The molecule has 1 aliphatic heterocycles. The minimum absolute atomic E-state index is 0.00327. The second-order valence-electron chi connectivity index (χ2n) is 5.88. The molecule has 1 fully saturated rings. The molecular weight excluding hydrogens is 280 g/mol. The first-order chi connectivity index (χ1) is 10.7. The quantitative estimate of drug-likeness (QED) is 0.856. The maximum Gasteiger partial charge on any atom is 0.337 e. The highest BCUT2D eigenvalue weighted by molar-refractivity contribution is 6.03. The van der Waals surface area contributed by atoms with Crippen molar-refractivity contribution in [3.63, 3.8) is 0 Å². The van der Waals surface area contributed by atoms with Gasteiger partial charge in [-0.15, -0.1) is 0 Å². The van der Waals surface area contributed by atoms with E-state index in [4.69, 9.17) is 0 Å². The zero-order valence-electron chi connectivity index (χ0n) is 12.7. The molecule has 2 heterocycles. The Morgan fingerprint density at radius 3 is 2.64 bits per heavy atom. The number of hydrogen-bond acceptors (Lipinski definition) is 3. The molecule has 2 aromatic rings. The molecule has 1 aromatic carbocycles. The van der Waals surface area contributed by atoms with Crippen molar-refractivity contribution in [2.75, 3.05) is 26.2 Å². The summed E-state index contributed by atoms with van der Waals surface area (Å²) in [6.07, 6.45) is 5.46. The largest absolute Gasteiger partial charge is 0.478 e. The van der Waals surface area contributed by atoms with Crippen molar-refractivity contribution in [2.45, 2.75) is 25.8 Å².